The molecule has 0 aliphatic heterocycles. The molecule has 0 bridgehead atoms. The number of carbonyl (C=O) groups excluding carboxylic acids is 2. The van der Waals surface area contributed by atoms with E-state index in [4.69, 9.17) is 0 Å². The molecule has 7 heteroatoms. The van der Waals surface area contributed by atoms with Gasteiger partial charge in [0.2, 0.25) is 5.91 Å². The summed E-state index contributed by atoms with van der Waals surface area (Å²) in [6.07, 6.45) is -1.42. The minimum Gasteiger partial charge on any atom is -0.469 e. The van der Waals surface area contributed by atoms with Crippen molar-refractivity contribution in [3.63, 3.8) is 0 Å². The van der Waals surface area contributed by atoms with Gasteiger partial charge in [0.1, 0.15) is 0 Å². The molecule has 1 aromatic rings. The minimum absolute atomic E-state index is 0.199. The van der Waals surface area contributed by atoms with Crippen molar-refractivity contribution < 1.29 is 27.5 Å². The number of benzene rings is 1. The van der Waals surface area contributed by atoms with Crippen molar-refractivity contribution in [1.82, 2.24) is 5.32 Å². The second-order valence-corrected chi connectivity index (χ2v) is 6.21. The first-order chi connectivity index (χ1) is 11.8. The fourth-order valence-electron chi connectivity index (χ4n) is 2.92. The lowest BCUT2D eigenvalue weighted by Gasteiger charge is -2.12. The maximum Gasteiger partial charge on any atom is 0.416 e. The number of rotatable bonds is 8. The molecule has 1 amide bonds. The number of amides is 1. The molecule has 1 N–H and O–H groups in total. The topological polar surface area (TPSA) is 55.4 Å². The summed E-state index contributed by atoms with van der Waals surface area (Å²) in [5.74, 6) is -1.21. The van der Waals surface area contributed by atoms with Crippen molar-refractivity contribution in [3.05, 3.63) is 35.4 Å². The summed E-state index contributed by atoms with van der Waals surface area (Å²) in [5, 5.41) is 2.77. The zero-order valence-electron chi connectivity index (χ0n) is 14.1. The number of ether oxygens (including phenoxy) is 1. The summed E-state index contributed by atoms with van der Waals surface area (Å²) in [5.41, 5.74) is -0.452. The molecule has 0 saturated heterocycles. The van der Waals surface area contributed by atoms with Crippen LogP contribution in [0, 0.1) is 5.92 Å². The average Bonchev–Trinajstić information content (AvgIpc) is 3.37. The Hall–Kier alpha value is -2.05. The molecule has 138 valence electrons. The van der Waals surface area contributed by atoms with Crippen LogP contribution in [-0.4, -0.2) is 25.5 Å². The Morgan fingerprint density at radius 1 is 1.20 bits per heavy atom. The van der Waals surface area contributed by atoms with E-state index in [2.05, 4.69) is 10.1 Å². The molecule has 0 radical (unpaired) electrons. The Morgan fingerprint density at radius 2 is 1.92 bits per heavy atom. The molecule has 1 aromatic carbocycles. The summed E-state index contributed by atoms with van der Waals surface area (Å²) in [7, 11) is 1.34. The Morgan fingerprint density at radius 3 is 2.60 bits per heavy atom. The van der Waals surface area contributed by atoms with Crippen LogP contribution < -0.4 is 5.32 Å². The number of carbonyl (C=O) groups is 2. The molecule has 2 atom stereocenters. The van der Waals surface area contributed by atoms with Crippen molar-refractivity contribution in [2.75, 3.05) is 13.7 Å². The summed E-state index contributed by atoms with van der Waals surface area (Å²) >= 11 is 0. The fraction of sp³-hybridized carbons (Fsp3) is 0.556. The van der Waals surface area contributed by atoms with Gasteiger partial charge in [0, 0.05) is 18.9 Å². The highest BCUT2D eigenvalue weighted by atomic mass is 19.4. The molecule has 4 nitrogen and oxygen atoms in total. The SMILES string of the molecule is COC(=O)CCCCCNC(=O)C1CC1c1ccccc1C(F)(F)F. The molecule has 1 fully saturated rings. The van der Waals surface area contributed by atoms with Gasteiger partial charge in [-0.2, -0.15) is 13.2 Å². The summed E-state index contributed by atoms with van der Waals surface area (Å²) < 4.78 is 43.6. The highest BCUT2D eigenvalue weighted by Crippen LogP contribution is 2.50. The van der Waals surface area contributed by atoms with Crippen molar-refractivity contribution in [2.24, 2.45) is 5.92 Å². The fourth-order valence-corrected chi connectivity index (χ4v) is 2.92. The van der Waals surface area contributed by atoms with E-state index in [1.807, 2.05) is 0 Å². The number of hydrogen-bond donors (Lipinski definition) is 1. The van der Waals surface area contributed by atoms with E-state index in [-0.39, 0.29) is 23.4 Å². The van der Waals surface area contributed by atoms with E-state index in [9.17, 15) is 22.8 Å². The maximum atomic E-state index is 13.0. The van der Waals surface area contributed by atoms with Crippen LogP contribution in [0.2, 0.25) is 0 Å². The normalized spacial score (nSPS) is 19.4. The van der Waals surface area contributed by atoms with Crippen LogP contribution in [0.5, 0.6) is 0 Å². The van der Waals surface area contributed by atoms with E-state index in [0.717, 1.165) is 18.9 Å². The molecule has 25 heavy (non-hydrogen) atoms. The second kappa shape index (κ2) is 8.36. The molecular formula is C18H22F3NO3. The Bertz CT molecular complexity index is 616. The summed E-state index contributed by atoms with van der Waals surface area (Å²) in [6.45, 7) is 0.462. The highest BCUT2D eigenvalue weighted by Gasteiger charge is 2.47. The number of esters is 1. The van der Waals surface area contributed by atoms with Crippen LogP contribution >= 0.6 is 0 Å². The highest BCUT2D eigenvalue weighted by molar-refractivity contribution is 5.83. The van der Waals surface area contributed by atoms with E-state index in [1.165, 1.54) is 19.2 Å². The molecule has 2 unspecified atom stereocenters. The number of alkyl halides is 3. The molecule has 1 aliphatic rings. The number of methoxy groups -OCH3 is 1. The maximum absolute atomic E-state index is 13.0. The van der Waals surface area contributed by atoms with Crippen molar-refractivity contribution in [2.45, 2.75) is 44.2 Å². The predicted molar refractivity (Wildman–Crippen MR) is 85.8 cm³/mol. The zero-order valence-corrected chi connectivity index (χ0v) is 14.1. The molecule has 0 spiro atoms. The molecule has 0 heterocycles. The zero-order chi connectivity index (χ0) is 18.4. The third-order valence-corrected chi connectivity index (χ3v) is 4.38. The number of unbranched alkanes of at least 4 members (excludes halogenated alkanes) is 2. The van der Waals surface area contributed by atoms with E-state index >= 15 is 0 Å². The predicted octanol–water partition coefficient (Wildman–Crippen LogP) is 3.66. The van der Waals surface area contributed by atoms with Crippen LogP contribution in [0.3, 0.4) is 0 Å². The molecule has 0 aromatic heterocycles. The van der Waals surface area contributed by atoms with Crippen LogP contribution in [0.4, 0.5) is 13.2 Å². The van der Waals surface area contributed by atoms with E-state index in [0.29, 0.717) is 25.8 Å². The quantitative estimate of drug-likeness (QED) is 0.571. The Labute approximate surface area is 144 Å². The van der Waals surface area contributed by atoms with Gasteiger partial charge < -0.3 is 10.1 Å². The first-order valence-corrected chi connectivity index (χ1v) is 8.35. The van der Waals surface area contributed by atoms with Crippen molar-refractivity contribution >= 4 is 11.9 Å². The van der Waals surface area contributed by atoms with Gasteiger partial charge in [-0.25, -0.2) is 0 Å². The molecule has 2 rings (SSSR count). The number of halogens is 3. The van der Waals surface area contributed by atoms with Crippen LogP contribution in [0.15, 0.2) is 24.3 Å². The van der Waals surface area contributed by atoms with Crippen LogP contribution in [0.25, 0.3) is 0 Å². The van der Waals surface area contributed by atoms with Gasteiger partial charge in [0.15, 0.2) is 0 Å². The van der Waals surface area contributed by atoms with Crippen molar-refractivity contribution in [1.29, 1.82) is 0 Å². The first kappa shape index (κ1) is 19.3. The van der Waals surface area contributed by atoms with Gasteiger partial charge in [0.05, 0.1) is 12.7 Å². The smallest absolute Gasteiger partial charge is 0.416 e. The number of nitrogens with one attached hydrogen (secondary N) is 1. The monoisotopic (exact) mass is 357 g/mol. The molecule has 1 aliphatic carbocycles. The third kappa shape index (κ3) is 5.47. The van der Waals surface area contributed by atoms with Crippen molar-refractivity contribution in [3.8, 4) is 0 Å². The van der Waals surface area contributed by atoms with Gasteiger partial charge in [-0.05, 0) is 36.8 Å². The van der Waals surface area contributed by atoms with E-state index in [1.54, 1.807) is 6.07 Å². The number of hydrogen-bond acceptors (Lipinski definition) is 3. The summed E-state index contributed by atoms with van der Waals surface area (Å²) in [4.78, 5) is 23.0. The molecular weight excluding hydrogens is 335 g/mol. The standard InChI is InChI=1S/C18H22F3NO3/c1-25-16(23)9-3-2-6-10-22-17(24)14-11-13(14)12-7-4-5-8-15(12)18(19,20)21/h4-5,7-8,13-14H,2-3,6,9-11H2,1H3,(H,22,24). The summed E-state index contributed by atoms with van der Waals surface area (Å²) in [6, 6.07) is 5.44. The Balaban J connectivity index is 1.75. The van der Waals surface area contributed by atoms with Gasteiger partial charge in [0.25, 0.3) is 0 Å². The largest absolute Gasteiger partial charge is 0.469 e. The van der Waals surface area contributed by atoms with Gasteiger partial charge in [-0.3, -0.25) is 9.59 Å². The third-order valence-electron chi connectivity index (χ3n) is 4.38. The van der Waals surface area contributed by atoms with Crippen LogP contribution in [-0.2, 0) is 20.5 Å². The van der Waals surface area contributed by atoms with Gasteiger partial charge >= 0.3 is 12.1 Å². The van der Waals surface area contributed by atoms with Crippen LogP contribution in [0.1, 0.15) is 49.1 Å². The lowest BCUT2D eigenvalue weighted by atomic mass is 10.0. The average molecular weight is 357 g/mol. The lowest BCUT2D eigenvalue weighted by Crippen LogP contribution is -2.26. The first-order valence-electron chi connectivity index (χ1n) is 8.35. The van der Waals surface area contributed by atoms with E-state index < -0.39 is 17.7 Å². The second-order valence-electron chi connectivity index (χ2n) is 6.21. The van der Waals surface area contributed by atoms with Gasteiger partial charge in [-0.15, -0.1) is 0 Å². The molecule has 1 saturated carbocycles. The lowest BCUT2D eigenvalue weighted by molar-refractivity contribution is -0.141. The van der Waals surface area contributed by atoms with Gasteiger partial charge in [-0.1, -0.05) is 24.6 Å². The minimum atomic E-state index is -4.40. The Kier molecular flexibility index (Phi) is 6.45.